The zero-order valence-corrected chi connectivity index (χ0v) is 15.4. The molecule has 1 aromatic rings. The second-order valence-electron chi connectivity index (χ2n) is 5.09. The van der Waals surface area contributed by atoms with Crippen molar-refractivity contribution in [3.63, 3.8) is 0 Å². The first kappa shape index (κ1) is 21.8. The molecule has 0 aromatic heterocycles. The first-order chi connectivity index (χ1) is 11.8. The van der Waals surface area contributed by atoms with E-state index in [0.29, 0.717) is 0 Å². The number of benzene rings is 1. The second-order valence-corrected chi connectivity index (χ2v) is 8.30. The van der Waals surface area contributed by atoms with Crippen LogP contribution < -0.4 is 10.5 Å². The van der Waals surface area contributed by atoms with Crippen LogP contribution in [-0.4, -0.2) is 53.7 Å². The molecule has 3 N–H and O–H groups in total. The zero-order chi connectivity index (χ0) is 20.1. The van der Waals surface area contributed by atoms with Crippen molar-refractivity contribution < 1.29 is 35.5 Å². The Hall–Kier alpha value is -2.29. The van der Waals surface area contributed by atoms with E-state index in [1.54, 1.807) is 0 Å². The summed E-state index contributed by atoms with van der Waals surface area (Å²) in [7, 11) is -6.88. The van der Waals surface area contributed by atoms with Gasteiger partial charge >= 0.3 is 5.97 Å². The van der Waals surface area contributed by atoms with Crippen molar-refractivity contribution in [1.29, 1.82) is 0 Å². The number of nitrogens with two attached hydrogens (primary N) is 1. The van der Waals surface area contributed by atoms with Crippen LogP contribution in [0.25, 0.3) is 0 Å². The monoisotopic (exact) mass is 411 g/mol. The van der Waals surface area contributed by atoms with Crippen LogP contribution in [0.5, 0.6) is 0 Å². The lowest BCUT2D eigenvalue weighted by molar-refractivity contribution is -0.384. The van der Waals surface area contributed by atoms with Gasteiger partial charge in [0.2, 0.25) is 10.0 Å². The van der Waals surface area contributed by atoms with Gasteiger partial charge in [-0.05, 0) is 12.1 Å². The third-order valence-electron chi connectivity index (χ3n) is 2.98. The molecule has 0 saturated carbocycles. The fraction of sp³-hybridized carbons (Fsp3) is 0.417. The molecule has 0 aliphatic heterocycles. The molecule has 1 aromatic carbocycles. The van der Waals surface area contributed by atoms with Crippen LogP contribution in [0.3, 0.4) is 0 Å². The number of carbonyl (C=O) groups excluding carboxylic acids is 1. The summed E-state index contributed by atoms with van der Waals surface area (Å²) in [5, 5.41) is 18.7. The Bertz CT molecular complexity index is 897. The van der Waals surface area contributed by atoms with Crippen LogP contribution in [0, 0.1) is 10.1 Å². The number of hydrogen-bond acceptors (Lipinski definition) is 10. The van der Waals surface area contributed by atoms with Gasteiger partial charge in [-0.15, -0.1) is 0 Å². The van der Waals surface area contributed by atoms with Gasteiger partial charge in [-0.2, -0.15) is 8.42 Å². The molecule has 0 fully saturated rings. The van der Waals surface area contributed by atoms with Crippen molar-refractivity contribution in [3.05, 3.63) is 28.3 Å². The summed E-state index contributed by atoms with van der Waals surface area (Å²) in [6.45, 7) is -0.512. The summed E-state index contributed by atoms with van der Waals surface area (Å²) in [6, 6.07) is 1.83. The number of sulfonamides is 1. The Morgan fingerprint density at radius 1 is 1.35 bits per heavy atom. The normalized spacial score (nSPS) is 13.0. The van der Waals surface area contributed by atoms with Gasteiger partial charge in [0.15, 0.2) is 0 Å². The SMILES string of the molecule is COC(=O)C[C@@H](COS(C)(=O)=O)Nc1ccc(S(N)(=O)=O)cc1[N+](=O)[O-]. The Morgan fingerprint density at radius 3 is 2.42 bits per heavy atom. The molecule has 0 saturated heterocycles. The molecule has 0 heterocycles. The van der Waals surface area contributed by atoms with Gasteiger partial charge in [0.25, 0.3) is 15.8 Å². The number of ether oxygens (including phenoxy) is 1. The van der Waals surface area contributed by atoms with Crippen molar-refractivity contribution in [2.24, 2.45) is 5.14 Å². The smallest absolute Gasteiger partial charge is 0.307 e. The van der Waals surface area contributed by atoms with Gasteiger partial charge in [-0.25, -0.2) is 13.6 Å². The predicted molar refractivity (Wildman–Crippen MR) is 89.3 cm³/mol. The third-order valence-corrected chi connectivity index (χ3v) is 4.45. The lowest BCUT2D eigenvalue weighted by atomic mass is 10.2. The maximum atomic E-state index is 11.4. The molecule has 14 heteroatoms. The average Bonchev–Trinajstić information content (AvgIpc) is 2.50. The molecule has 1 rings (SSSR count). The van der Waals surface area contributed by atoms with E-state index in [4.69, 9.17) is 5.14 Å². The molecule has 0 aliphatic rings. The standard InChI is InChI=1S/C12H17N3O9S2/c1-23-12(16)5-8(7-24-25(2,19)20)14-10-4-3-9(26(13,21)22)6-11(10)15(17)18/h3-4,6,8,14H,5,7H2,1-2H3,(H2,13,21,22)/t8-/m0/s1. The number of nitro groups is 1. The van der Waals surface area contributed by atoms with Gasteiger partial charge in [0.1, 0.15) is 5.69 Å². The fourth-order valence-corrected chi connectivity index (χ4v) is 2.77. The number of anilines is 1. The molecule has 26 heavy (non-hydrogen) atoms. The maximum absolute atomic E-state index is 11.4. The van der Waals surface area contributed by atoms with Crippen molar-refractivity contribution in [3.8, 4) is 0 Å². The molecule has 146 valence electrons. The van der Waals surface area contributed by atoms with E-state index in [9.17, 15) is 31.7 Å². The largest absolute Gasteiger partial charge is 0.469 e. The van der Waals surface area contributed by atoms with Crippen LogP contribution in [0.15, 0.2) is 23.1 Å². The van der Waals surface area contributed by atoms with E-state index >= 15 is 0 Å². The van der Waals surface area contributed by atoms with Crippen LogP contribution in [0.4, 0.5) is 11.4 Å². The number of nitrogens with zero attached hydrogens (tertiary/aromatic N) is 1. The molecule has 0 unspecified atom stereocenters. The third kappa shape index (κ3) is 6.91. The lowest BCUT2D eigenvalue weighted by Crippen LogP contribution is -2.30. The number of primary sulfonamides is 1. The van der Waals surface area contributed by atoms with Crippen molar-refractivity contribution in [1.82, 2.24) is 0 Å². The number of hydrogen-bond donors (Lipinski definition) is 2. The van der Waals surface area contributed by atoms with E-state index in [1.807, 2.05) is 0 Å². The quantitative estimate of drug-likeness (QED) is 0.233. The molecule has 1 atom stereocenters. The molecular formula is C12H17N3O9S2. The minimum absolute atomic E-state index is 0.159. The first-order valence-electron chi connectivity index (χ1n) is 6.82. The van der Waals surface area contributed by atoms with Crippen LogP contribution in [0.1, 0.15) is 6.42 Å². The highest BCUT2D eigenvalue weighted by molar-refractivity contribution is 7.89. The summed E-state index contributed by atoms with van der Waals surface area (Å²) in [6.07, 6.45) is 0.436. The molecule has 0 amide bonds. The summed E-state index contributed by atoms with van der Waals surface area (Å²) in [4.78, 5) is 21.3. The van der Waals surface area contributed by atoms with Crippen molar-refractivity contribution >= 4 is 37.5 Å². The fourth-order valence-electron chi connectivity index (χ4n) is 1.82. The first-order valence-corrected chi connectivity index (χ1v) is 10.2. The summed E-state index contributed by atoms with van der Waals surface area (Å²) in [5.74, 6) is -0.719. The van der Waals surface area contributed by atoms with E-state index in [1.165, 1.54) is 0 Å². The minimum atomic E-state index is -4.17. The van der Waals surface area contributed by atoms with Crippen molar-refractivity contribution in [2.75, 3.05) is 25.3 Å². The second kappa shape index (κ2) is 8.39. The zero-order valence-electron chi connectivity index (χ0n) is 13.7. The molecule has 12 nitrogen and oxygen atoms in total. The number of carbonyl (C=O) groups is 1. The van der Waals surface area contributed by atoms with Crippen LogP contribution in [-0.2, 0) is 33.9 Å². The molecule has 0 radical (unpaired) electrons. The highest BCUT2D eigenvalue weighted by Crippen LogP contribution is 2.28. The van der Waals surface area contributed by atoms with Crippen LogP contribution >= 0.6 is 0 Å². The molecular weight excluding hydrogens is 394 g/mol. The Labute approximate surface area is 149 Å². The number of methoxy groups -OCH3 is 1. The van der Waals surface area contributed by atoms with E-state index in [0.717, 1.165) is 31.6 Å². The Kier molecular flexibility index (Phi) is 7.02. The van der Waals surface area contributed by atoms with Crippen LogP contribution in [0.2, 0.25) is 0 Å². The molecule has 0 spiro atoms. The van der Waals surface area contributed by atoms with Crippen molar-refractivity contribution in [2.45, 2.75) is 17.4 Å². The Balaban J connectivity index is 3.19. The van der Waals surface area contributed by atoms with E-state index in [2.05, 4.69) is 14.2 Å². The summed E-state index contributed by atoms with van der Waals surface area (Å²) >= 11 is 0. The lowest BCUT2D eigenvalue weighted by Gasteiger charge is -2.18. The topological polar surface area (TPSA) is 185 Å². The summed E-state index contributed by atoms with van der Waals surface area (Å²) < 4.78 is 54.0. The Morgan fingerprint density at radius 2 is 1.96 bits per heavy atom. The van der Waals surface area contributed by atoms with Gasteiger partial charge in [-0.3, -0.25) is 19.1 Å². The van der Waals surface area contributed by atoms with Gasteiger partial charge in [0, 0.05) is 6.07 Å². The highest BCUT2D eigenvalue weighted by Gasteiger charge is 2.23. The summed E-state index contributed by atoms with van der Waals surface area (Å²) in [5.41, 5.74) is -0.792. The predicted octanol–water partition coefficient (Wildman–Crippen LogP) is -0.438. The van der Waals surface area contributed by atoms with E-state index in [-0.39, 0.29) is 12.1 Å². The average molecular weight is 411 g/mol. The molecule has 0 aliphatic carbocycles. The van der Waals surface area contributed by atoms with Gasteiger partial charge in [-0.1, -0.05) is 0 Å². The van der Waals surface area contributed by atoms with E-state index < -0.39 is 54.3 Å². The number of nitrogens with one attached hydrogen (secondary N) is 1. The number of rotatable bonds is 9. The minimum Gasteiger partial charge on any atom is -0.469 e. The highest BCUT2D eigenvalue weighted by atomic mass is 32.2. The maximum Gasteiger partial charge on any atom is 0.307 e. The van der Waals surface area contributed by atoms with Gasteiger partial charge < -0.3 is 10.1 Å². The number of esters is 1. The number of nitro benzene ring substituents is 1. The molecule has 0 bridgehead atoms. The van der Waals surface area contributed by atoms with Gasteiger partial charge in [0.05, 0.1) is 42.3 Å².